The van der Waals surface area contributed by atoms with Gasteiger partial charge in [0.2, 0.25) is 0 Å². The van der Waals surface area contributed by atoms with Crippen LogP contribution in [0.4, 0.5) is 4.39 Å². The SMILES string of the molecule is CC1=C2[C@H]3OC(CN(C)C)O[C@H]3[C@]3(C)CC[C@H]4OC[C@H]4C3[C@H](OC(=O)c3ccccc3)[C@](O)(C[C@@H]1OC(=O)CCc1ncccc1F)C2(C)C. The fourth-order valence-corrected chi connectivity index (χ4v) is 9.63. The van der Waals surface area contributed by atoms with Crippen LogP contribution in [0.3, 0.4) is 0 Å². The summed E-state index contributed by atoms with van der Waals surface area (Å²) in [5, 5.41) is 13.4. The first-order valence-corrected chi connectivity index (χ1v) is 17.8. The third-order valence-corrected chi connectivity index (χ3v) is 12.4. The van der Waals surface area contributed by atoms with Crippen LogP contribution >= 0.6 is 0 Å². The smallest absolute Gasteiger partial charge is 0.338 e. The Labute approximate surface area is 293 Å². The van der Waals surface area contributed by atoms with Crippen LogP contribution in [-0.2, 0) is 34.9 Å². The molecule has 2 unspecified atom stereocenters. The Morgan fingerprint density at radius 1 is 1.08 bits per heavy atom. The maximum absolute atomic E-state index is 14.3. The van der Waals surface area contributed by atoms with Crippen LogP contribution in [0.5, 0.6) is 0 Å². The molecule has 2 saturated heterocycles. The second-order valence-corrected chi connectivity index (χ2v) is 15.9. The van der Waals surface area contributed by atoms with Gasteiger partial charge in [0.1, 0.15) is 29.7 Å². The molecular formula is C39H49FN2O8. The Morgan fingerprint density at radius 3 is 2.52 bits per heavy atom. The summed E-state index contributed by atoms with van der Waals surface area (Å²) >= 11 is 0. The van der Waals surface area contributed by atoms with Crippen molar-refractivity contribution in [2.45, 2.75) is 102 Å². The van der Waals surface area contributed by atoms with Gasteiger partial charge < -0.3 is 33.7 Å². The van der Waals surface area contributed by atoms with E-state index >= 15 is 0 Å². The predicted octanol–water partition coefficient (Wildman–Crippen LogP) is 4.88. The number of likely N-dealkylation sites (N-methyl/N-ethyl adjacent to an activating group) is 1. The lowest BCUT2D eigenvalue weighted by atomic mass is 9.46. The minimum absolute atomic E-state index is 0.00196. The number of hydrogen-bond acceptors (Lipinski definition) is 10. The zero-order valence-electron chi connectivity index (χ0n) is 29.8. The molecular weight excluding hydrogens is 643 g/mol. The van der Waals surface area contributed by atoms with E-state index in [2.05, 4.69) is 11.9 Å². The lowest BCUT2D eigenvalue weighted by Gasteiger charge is -2.65. The van der Waals surface area contributed by atoms with E-state index in [1.807, 2.05) is 45.8 Å². The summed E-state index contributed by atoms with van der Waals surface area (Å²) in [5.41, 5.74) is -1.13. The highest BCUT2D eigenvalue weighted by Crippen LogP contribution is 2.65. The van der Waals surface area contributed by atoms with Crippen molar-refractivity contribution in [3.05, 3.63) is 76.9 Å². The number of aromatic nitrogens is 1. The van der Waals surface area contributed by atoms with Gasteiger partial charge in [-0.2, -0.15) is 0 Å². The van der Waals surface area contributed by atoms with Crippen molar-refractivity contribution in [1.82, 2.24) is 9.88 Å². The first-order valence-electron chi connectivity index (χ1n) is 17.8. The highest BCUT2D eigenvalue weighted by atomic mass is 19.1. The molecule has 4 fully saturated rings. The molecule has 2 aliphatic heterocycles. The summed E-state index contributed by atoms with van der Waals surface area (Å²) in [4.78, 5) is 33.6. The van der Waals surface area contributed by atoms with Gasteiger partial charge in [-0.1, -0.05) is 39.0 Å². The Kier molecular flexibility index (Phi) is 9.21. The number of aryl methyl sites for hydroxylation is 1. The van der Waals surface area contributed by atoms with Crippen LogP contribution in [0.1, 0.15) is 69.4 Å². The van der Waals surface area contributed by atoms with Crippen LogP contribution in [-0.4, -0.2) is 96.6 Å². The third-order valence-electron chi connectivity index (χ3n) is 12.4. The molecule has 270 valence electrons. The van der Waals surface area contributed by atoms with Crippen molar-refractivity contribution in [3.63, 3.8) is 0 Å². The topological polar surface area (TPSA) is 117 Å². The number of benzene rings is 1. The van der Waals surface area contributed by atoms with Crippen LogP contribution in [0.15, 0.2) is 59.8 Å². The molecule has 1 N–H and O–H groups in total. The van der Waals surface area contributed by atoms with Crippen molar-refractivity contribution in [2.24, 2.45) is 22.7 Å². The normalized spacial score (nSPS) is 37.1. The molecule has 1 aromatic carbocycles. The fourth-order valence-electron chi connectivity index (χ4n) is 9.63. The summed E-state index contributed by atoms with van der Waals surface area (Å²) in [6.45, 7) is 9.05. The van der Waals surface area contributed by atoms with Crippen LogP contribution in [0, 0.1) is 28.5 Å². The van der Waals surface area contributed by atoms with Gasteiger partial charge in [0, 0.05) is 48.2 Å². The van der Waals surface area contributed by atoms with Crippen molar-refractivity contribution in [3.8, 4) is 0 Å². The van der Waals surface area contributed by atoms with Gasteiger partial charge in [-0.05, 0) is 69.3 Å². The van der Waals surface area contributed by atoms with Crippen molar-refractivity contribution in [2.75, 3.05) is 27.2 Å². The van der Waals surface area contributed by atoms with Gasteiger partial charge in [0.05, 0.1) is 36.5 Å². The Bertz CT molecular complexity index is 1650. The number of hydrogen-bond donors (Lipinski definition) is 1. The molecule has 0 spiro atoms. The van der Waals surface area contributed by atoms with Gasteiger partial charge in [0.15, 0.2) is 6.29 Å². The molecule has 0 radical (unpaired) electrons. The highest BCUT2D eigenvalue weighted by Gasteiger charge is 2.72. The number of aliphatic hydroxyl groups is 1. The number of halogens is 1. The van der Waals surface area contributed by atoms with Crippen LogP contribution in [0.25, 0.3) is 0 Å². The van der Waals surface area contributed by atoms with Gasteiger partial charge in [-0.25, -0.2) is 9.18 Å². The van der Waals surface area contributed by atoms with Crippen molar-refractivity contribution in [1.29, 1.82) is 0 Å². The van der Waals surface area contributed by atoms with E-state index in [1.165, 1.54) is 18.3 Å². The fraction of sp³-hybridized carbons (Fsp3) is 0.615. The van der Waals surface area contributed by atoms with Crippen LogP contribution in [0.2, 0.25) is 0 Å². The molecule has 1 aromatic heterocycles. The van der Waals surface area contributed by atoms with Gasteiger partial charge in [-0.15, -0.1) is 0 Å². The van der Waals surface area contributed by atoms with Crippen LogP contribution < -0.4 is 0 Å². The molecule has 2 aromatic rings. The van der Waals surface area contributed by atoms with E-state index in [0.717, 1.165) is 24.0 Å². The van der Waals surface area contributed by atoms with E-state index in [-0.39, 0.29) is 42.9 Å². The Hall–Kier alpha value is -3.22. The molecule has 2 saturated carbocycles. The average molecular weight is 693 g/mol. The number of nitrogens with zero attached hydrogens (tertiary/aromatic N) is 2. The molecule has 10 nitrogen and oxygen atoms in total. The maximum Gasteiger partial charge on any atom is 0.338 e. The summed E-state index contributed by atoms with van der Waals surface area (Å²) < 4.78 is 46.9. The summed E-state index contributed by atoms with van der Waals surface area (Å²) in [5.74, 6) is -1.92. The summed E-state index contributed by atoms with van der Waals surface area (Å²) in [7, 11) is 3.93. The molecule has 7 rings (SSSR count). The van der Waals surface area contributed by atoms with Crippen molar-refractivity contribution >= 4 is 11.9 Å². The molecule has 50 heavy (non-hydrogen) atoms. The summed E-state index contributed by atoms with van der Waals surface area (Å²) in [6.07, 6.45) is -0.434. The lowest BCUT2D eigenvalue weighted by molar-refractivity contribution is -0.276. The number of pyridine rings is 1. The van der Waals surface area contributed by atoms with Gasteiger partial charge in [0.25, 0.3) is 0 Å². The molecule has 11 heteroatoms. The van der Waals surface area contributed by atoms with E-state index in [9.17, 15) is 19.1 Å². The van der Waals surface area contributed by atoms with Gasteiger partial charge in [-0.3, -0.25) is 9.78 Å². The number of esters is 2. The predicted molar refractivity (Wildman–Crippen MR) is 180 cm³/mol. The van der Waals surface area contributed by atoms with Crippen molar-refractivity contribution < 1.29 is 42.8 Å². The van der Waals surface area contributed by atoms with E-state index in [0.29, 0.717) is 18.7 Å². The van der Waals surface area contributed by atoms with E-state index in [1.54, 1.807) is 24.3 Å². The molecule has 3 heterocycles. The number of carbonyl (C=O) groups is 2. The number of ether oxygens (including phenoxy) is 5. The lowest BCUT2D eigenvalue weighted by Crippen LogP contribution is -2.73. The monoisotopic (exact) mass is 692 g/mol. The maximum atomic E-state index is 14.3. The molecule has 3 aliphatic carbocycles. The molecule has 10 atom stereocenters. The van der Waals surface area contributed by atoms with Gasteiger partial charge >= 0.3 is 11.9 Å². The highest BCUT2D eigenvalue weighted by molar-refractivity contribution is 5.89. The quantitative estimate of drug-likeness (QED) is 0.303. The minimum Gasteiger partial charge on any atom is -0.458 e. The summed E-state index contributed by atoms with van der Waals surface area (Å²) in [6, 6.07) is 11.6. The second kappa shape index (κ2) is 13.1. The minimum atomic E-state index is -1.69. The van der Waals surface area contributed by atoms with E-state index in [4.69, 9.17) is 23.7 Å². The number of rotatable bonds is 8. The molecule has 2 bridgehead atoms. The zero-order chi connectivity index (χ0) is 35.6. The van der Waals surface area contributed by atoms with E-state index < -0.39 is 64.9 Å². The standard InChI is InChI=1S/C39H49FN2O8/c1-22-28(47-29(43)15-14-26-25(40)13-10-18-41-26)19-39(45)34(50-36(44)23-11-8-7-9-12-23)32-24-21-46-27(24)16-17-38(32,4)35-33(31(22)37(39,2)3)48-30(49-35)20-42(5)6/h7-13,18,24,27-28,30,32-35,45H,14-17,19-21H2,1-6H3/t24-,27-,28+,30?,32?,33-,34+,35-,38-,39-/m1/s1. The number of carbonyl (C=O) groups excluding carboxylic acids is 2. The first-order chi connectivity index (χ1) is 23.7. The zero-order valence-corrected chi connectivity index (χ0v) is 29.8. The average Bonchev–Trinajstić information content (AvgIpc) is 3.46. The second-order valence-electron chi connectivity index (χ2n) is 15.9. The first kappa shape index (κ1) is 35.2. The third kappa shape index (κ3) is 5.79. The molecule has 0 amide bonds. The number of fused-ring (bicyclic) bond motifs is 8. The Morgan fingerprint density at radius 2 is 1.84 bits per heavy atom. The Balaban J connectivity index is 1.34. The largest absolute Gasteiger partial charge is 0.458 e. The molecule has 5 aliphatic rings.